The van der Waals surface area contributed by atoms with E-state index in [1.807, 2.05) is 57.2 Å². The van der Waals surface area contributed by atoms with E-state index in [0.717, 1.165) is 5.56 Å². The maximum atomic E-state index is 12.6. The molecule has 0 saturated carbocycles. The zero-order valence-electron chi connectivity index (χ0n) is 14.8. The first-order chi connectivity index (χ1) is 10.9. The molecule has 2 rings (SSSR count). The van der Waals surface area contributed by atoms with Gasteiger partial charge in [0.05, 0.1) is 0 Å². The first-order valence-corrected chi connectivity index (χ1v) is 8.11. The van der Waals surface area contributed by atoms with Crippen molar-refractivity contribution in [1.82, 2.24) is 4.90 Å². The Morgan fingerprint density at radius 2 is 2.00 bits per heavy atom. The summed E-state index contributed by atoms with van der Waals surface area (Å²) in [5, 5.41) is 9.66. The van der Waals surface area contributed by atoms with Gasteiger partial charge >= 0.3 is 5.97 Å². The van der Waals surface area contributed by atoms with Gasteiger partial charge in [0.25, 0.3) is 0 Å². The van der Waals surface area contributed by atoms with Crippen LogP contribution in [0.1, 0.15) is 32.8 Å². The number of carbonyl (C=O) groups excluding carboxylic acids is 1. The van der Waals surface area contributed by atoms with Gasteiger partial charge in [0.1, 0.15) is 11.6 Å². The Balaban J connectivity index is 0.00000288. The minimum absolute atomic E-state index is 0. The van der Waals surface area contributed by atoms with E-state index >= 15 is 0 Å². The van der Waals surface area contributed by atoms with Crippen LogP contribution in [0.3, 0.4) is 0 Å². The Labute approximate surface area is 180 Å². The molecular weight excluding hydrogens is 517 g/mol. The van der Waals surface area contributed by atoms with Crippen LogP contribution < -0.4 is 0 Å². The average Bonchev–Trinajstić information content (AvgIpc) is 2.84. The first-order valence-electron chi connectivity index (χ1n) is 8.11. The van der Waals surface area contributed by atoms with Crippen LogP contribution in [0.5, 0.6) is 0 Å². The van der Waals surface area contributed by atoms with Gasteiger partial charge in [-0.2, -0.15) is 0 Å². The van der Waals surface area contributed by atoms with Gasteiger partial charge in [-0.25, -0.2) is 0 Å². The second-order valence-corrected chi connectivity index (χ2v) is 7.11. The zero-order chi connectivity index (χ0) is 17.0. The maximum Gasteiger partial charge on any atom is 0.323 e. The van der Waals surface area contributed by atoms with Crippen LogP contribution in [0.2, 0.25) is 0 Å². The van der Waals surface area contributed by atoms with Gasteiger partial charge in [0, 0.05) is 69.2 Å². The number of aliphatic hydroxyl groups is 1. The van der Waals surface area contributed by atoms with Gasteiger partial charge in [0.2, 0.25) is 0 Å². The van der Waals surface area contributed by atoms with Crippen molar-refractivity contribution in [2.75, 3.05) is 6.61 Å². The summed E-state index contributed by atoms with van der Waals surface area (Å²) >= 11 is 0. The van der Waals surface area contributed by atoms with Crippen molar-refractivity contribution in [3.05, 3.63) is 48.6 Å². The van der Waals surface area contributed by atoms with Gasteiger partial charge in [-0.15, -0.1) is 6.58 Å². The van der Waals surface area contributed by atoms with Crippen LogP contribution >= 0.6 is 0 Å². The van der Waals surface area contributed by atoms with Crippen LogP contribution in [-0.4, -0.2) is 40.3 Å². The van der Waals surface area contributed by atoms with Crippen LogP contribution in [0.15, 0.2) is 43.0 Å². The number of ether oxygens (including phenoxy) is 1. The molecule has 1 radical (unpaired) electrons. The zero-order valence-corrected chi connectivity index (χ0v) is 19.6. The third kappa shape index (κ3) is 5.66. The molecular formula is C19H27AcNO3. The second-order valence-electron chi connectivity index (χ2n) is 7.11. The summed E-state index contributed by atoms with van der Waals surface area (Å²) in [5.74, 6) is -0.218. The van der Waals surface area contributed by atoms with Crippen molar-refractivity contribution in [1.29, 1.82) is 0 Å². The third-order valence-electron chi connectivity index (χ3n) is 4.16. The maximum absolute atomic E-state index is 12.6. The Bertz CT molecular complexity index is 541. The molecule has 0 spiro atoms. The van der Waals surface area contributed by atoms with Crippen molar-refractivity contribution < 1.29 is 58.7 Å². The molecule has 0 unspecified atom stereocenters. The number of hydrogen-bond acceptors (Lipinski definition) is 4. The van der Waals surface area contributed by atoms with Crippen LogP contribution in [0.25, 0.3) is 0 Å². The van der Waals surface area contributed by atoms with E-state index in [9.17, 15) is 9.90 Å². The summed E-state index contributed by atoms with van der Waals surface area (Å²) in [6.07, 6.45) is 2.42. The summed E-state index contributed by atoms with van der Waals surface area (Å²) in [6.45, 7) is 10.2. The average molecular weight is 544 g/mol. The monoisotopic (exact) mass is 544 g/mol. The molecule has 24 heavy (non-hydrogen) atoms. The minimum Gasteiger partial charge on any atom is -0.459 e. The third-order valence-corrected chi connectivity index (χ3v) is 4.16. The van der Waals surface area contributed by atoms with Crippen LogP contribution in [0, 0.1) is 50.0 Å². The van der Waals surface area contributed by atoms with E-state index in [2.05, 4.69) is 11.5 Å². The summed E-state index contributed by atoms with van der Waals surface area (Å²) in [5.41, 5.74) is 0.614. The number of aliphatic hydroxyl groups excluding tert-OH is 1. The minimum atomic E-state index is -0.517. The van der Waals surface area contributed by atoms with Crippen molar-refractivity contribution in [3.63, 3.8) is 0 Å². The predicted molar refractivity (Wildman–Crippen MR) is 90.8 cm³/mol. The molecule has 0 aromatic heterocycles. The van der Waals surface area contributed by atoms with Crippen molar-refractivity contribution in [2.45, 2.75) is 51.4 Å². The molecule has 0 bridgehead atoms. The second kappa shape index (κ2) is 9.48. The molecule has 129 valence electrons. The summed E-state index contributed by atoms with van der Waals surface area (Å²) in [7, 11) is 0. The van der Waals surface area contributed by atoms with Gasteiger partial charge < -0.3 is 9.84 Å². The van der Waals surface area contributed by atoms with Crippen LogP contribution in [-0.2, 0) is 16.1 Å². The largest absolute Gasteiger partial charge is 0.459 e. The fourth-order valence-corrected chi connectivity index (χ4v) is 3.16. The van der Waals surface area contributed by atoms with Crippen molar-refractivity contribution in [3.8, 4) is 0 Å². The van der Waals surface area contributed by atoms with E-state index < -0.39 is 5.60 Å². The number of carbonyl (C=O) groups is 1. The quantitative estimate of drug-likeness (QED) is 0.458. The molecule has 5 heteroatoms. The molecule has 1 aliphatic heterocycles. The van der Waals surface area contributed by atoms with Gasteiger partial charge in [-0.05, 0) is 32.8 Å². The Morgan fingerprint density at radius 3 is 2.50 bits per heavy atom. The summed E-state index contributed by atoms with van der Waals surface area (Å²) in [6, 6.07) is 9.64. The number of hydrogen-bond donors (Lipinski definition) is 1. The summed E-state index contributed by atoms with van der Waals surface area (Å²) < 4.78 is 5.58. The molecule has 1 N–H and O–H groups in total. The van der Waals surface area contributed by atoms with E-state index in [1.165, 1.54) is 0 Å². The molecule has 4 nitrogen and oxygen atoms in total. The molecule has 3 atom stereocenters. The number of esters is 1. The number of likely N-dealkylation sites (tertiary alicyclic amines) is 1. The van der Waals surface area contributed by atoms with E-state index in [4.69, 9.17) is 4.74 Å². The topological polar surface area (TPSA) is 49.8 Å². The van der Waals surface area contributed by atoms with E-state index in [1.54, 1.807) is 0 Å². The van der Waals surface area contributed by atoms with E-state index in [0.29, 0.717) is 13.0 Å². The number of benzene rings is 1. The van der Waals surface area contributed by atoms with Gasteiger partial charge in [0.15, 0.2) is 0 Å². The standard InChI is InChI=1S/C19H27NO3.Ac/c1-5-16-15(13-21)11-17(18(22)23-19(2,3)4)20(16)12-14-9-7-6-8-10-14;/h5-10,15-17,21H,1,11-13H2,2-4H3;/t15-,16-,17+;/m0./s1. The molecule has 1 saturated heterocycles. The Morgan fingerprint density at radius 1 is 1.38 bits per heavy atom. The predicted octanol–water partition coefficient (Wildman–Crippen LogP) is 2.77. The normalized spacial score (nSPS) is 24.2. The number of rotatable bonds is 5. The first kappa shape index (κ1) is 21.8. The van der Waals surface area contributed by atoms with Gasteiger partial charge in [-0.3, -0.25) is 9.69 Å². The van der Waals surface area contributed by atoms with Crippen molar-refractivity contribution in [2.24, 2.45) is 5.92 Å². The Hall–Kier alpha value is -0.208. The molecule has 1 heterocycles. The SMILES string of the molecule is C=C[C@H]1[C@H](CO)C[C@H](C(=O)OC(C)(C)C)N1Cc1ccccc1.[Ac]. The van der Waals surface area contributed by atoms with Crippen LogP contribution in [0.4, 0.5) is 0 Å². The summed E-state index contributed by atoms with van der Waals surface area (Å²) in [4.78, 5) is 14.7. The Kier molecular flexibility index (Phi) is 8.62. The van der Waals surface area contributed by atoms with Crippen molar-refractivity contribution >= 4 is 5.97 Å². The molecule has 1 aliphatic rings. The fourth-order valence-electron chi connectivity index (χ4n) is 3.16. The molecule has 1 fully saturated rings. The van der Waals surface area contributed by atoms with E-state index in [-0.39, 0.29) is 74.6 Å². The number of nitrogens with zero attached hydrogens (tertiary/aromatic N) is 1. The molecule has 0 aliphatic carbocycles. The fraction of sp³-hybridized carbons (Fsp3) is 0.526. The van der Waals surface area contributed by atoms with Gasteiger partial charge in [-0.1, -0.05) is 36.4 Å². The smallest absolute Gasteiger partial charge is 0.323 e. The molecule has 1 aromatic rings. The molecule has 1 aromatic carbocycles. The molecule has 0 amide bonds.